The Labute approximate surface area is 125 Å². The first kappa shape index (κ1) is 16.4. The van der Waals surface area contributed by atoms with E-state index in [1.54, 1.807) is 13.8 Å². The van der Waals surface area contributed by atoms with Crippen molar-refractivity contribution >= 4 is 10.0 Å². The molecular formula is C13H23N3O4S. The van der Waals surface area contributed by atoms with Crippen molar-refractivity contribution in [3.63, 3.8) is 0 Å². The van der Waals surface area contributed by atoms with Crippen LogP contribution >= 0.6 is 0 Å². The Balaban J connectivity index is 2.10. The van der Waals surface area contributed by atoms with Crippen molar-refractivity contribution in [2.45, 2.75) is 57.2 Å². The van der Waals surface area contributed by atoms with Gasteiger partial charge in [-0.2, -0.15) is 5.10 Å². The van der Waals surface area contributed by atoms with Gasteiger partial charge in [-0.15, -0.1) is 0 Å². The molecule has 1 aliphatic carbocycles. The molecule has 2 rings (SSSR count). The van der Waals surface area contributed by atoms with Gasteiger partial charge < -0.3 is 9.84 Å². The normalized spacial score (nSPS) is 22.3. The Kier molecular flexibility index (Phi) is 5.03. The van der Waals surface area contributed by atoms with Crippen LogP contribution in [-0.4, -0.2) is 48.7 Å². The lowest BCUT2D eigenvalue weighted by Gasteiger charge is -2.35. The summed E-state index contributed by atoms with van der Waals surface area (Å²) >= 11 is 0. The van der Waals surface area contributed by atoms with Crippen LogP contribution < -0.4 is 4.72 Å². The average Bonchev–Trinajstić information content (AvgIpc) is 2.63. The summed E-state index contributed by atoms with van der Waals surface area (Å²) in [6.07, 6.45) is 1.56. The van der Waals surface area contributed by atoms with Crippen molar-refractivity contribution in [1.29, 1.82) is 0 Å². The first-order valence-electron chi connectivity index (χ1n) is 7.17. The summed E-state index contributed by atoms with van der Waals surface area (Å²) in [5, 5.41) is 13.2. The lowest BCUT2D eigenvalue weighted by molar-refractivity contribution is -0.00476. The third kappa shape index (κ3) is 3.45. The number of aliphatic hydroxyl groups is 1. The second kappa shape index (κ2) is 6.43. The molecular weight excluding hydrogens is 294 g/mol. The summed E-state index contributed by atoms with van der Waals surface area (Å²) in [6.45, 7) is 6.16. The van der Waals surface area contributed by atoms with E-state index in [4.69, 9.17) is 9.84 Å². The van der Waals surface area contributed by atoms with E-state index >= 15 is 0 Å². The van der Waals surface area contributed by atoms with Crippen LogP contribution in [0, 0.1) is 13.8 Å². The van der Waals surface area contributed by atoms with Gasteiger partial charge in [0.1, 0.15) is 4.90 Å². The number of nitrogens with zero attached hydrogens (tertiary/aromatic N) is 2. The molecule has 0 radical (unpaired) electrons. The zero-order valence-corrected chi connectivity index (χ0v) is 13.5. The van der Waals surface area contributed by atoms with Crippen LogP contribution in [0.3, 0.4) is 0 Å². The minimum absolute atomic E-state index is 0.0759. The Morgan fingerprint density at radius 2 is 2.10 bits per heavy atom. The number of aryl methyl sites for hydroxylation is 1. The van der Waals surface area contributed by atoms with E-state index < -0.39 is 10.0 Å². The van der Waals surface area contributed by atoms with E-state index in [2.05, 4.69) is 9.82 Å². The van der Waals surface area contributed by atoms with E-state index in [1.807, 2.05) is 6.92 Å². The molecule has 0 saturated heterocycles. The van der Waals surface area contributed by atoms with Crippen LogP contribution in [0.1, 0.15) is 31.2 Å². The quantitative estimate of drug-likeness (QED) is 0.756. The Bertz CT molecular complexity index is 591. The topological polar surface area (TPSA) is 93.5 Å². The molecule has 21 heavy (non-hydrogen) atoms. The van der Waals surface area contributed by atoms with Gasteiger partial charge in [-0.1, -0.05) is 0 Å². The van der Waals surface area contributed by atoms with E-state index in [9.17, 15) is 8.42 Å². The largest absolute Gasteiger partial charge is 0.394 e. The molecule has 0 bridgehead atoms. The van der Waals surface area contributed by atoms with Gasteiger partial charge in [0.05, 0.1) is 30.6 Å². The number of rotatable bonds is 7. The molecule has 7 nitrogen and oxygen atoms in total. The molecule has 0 spiro atoms. The van der Waals surface area contributed by atoms with Crippen molar-refractivity contribution in [3.05, 3.63) is 11.4 Å². The summed E-state index contributed by atoms with van der Waals surface area (Å²) in [5.74, 6) is 0. The van der Waals surface area contributed by atoms with E-state index in [0.29, 0.717) is 30.8 Å². The van der Waals surface area contributed by atoms with Crippen LogP contribution in [0.15, 0.2) is 4.90 Å². The van der Waals surface area contributed by atoms with Crippen molar-refractivity contribution in [2.75, 3.05) is 13.2 Å². The molecule has 0 unspecified atom stereocenters. The third-order valence-electron chi connectivity index (χ3n) is 3.71. The predicted octanol–water partition coefficient (Wildman–Crippen LogP) is 0.338. The fraction of sp³-hybridized carbons (Fsp3) is 0.769. The lowest BCUT2D eigenvalue weighted by atomic mass is 9.90. The zero-order chi connectivity index (χ0) is 15.6. The molecule has 1 heterocycles. The average molecular weight is 317 g/mol. The number of nitrogens with one attached hydrogen (secondary N) is 1. The van der Waals surface area contributed by atoms with Crippen molar-refractivity contribution in [2.24, 2.45) is 0 Å². The second-order valence-corrected chi connectivity index (χ2v) is 6.96. The maximum atomic E-state index is 12.5. The highest BCUT2D eigenvalue weighted by atomic mass is 32.2. The summed E-state index contributed by atoms with van der Waals surface area (Å²) in [6, 6.07) is -0.0773. The molecule has 120 valence electrons. The number of hydrogen-bond acceptors (Lipinski definition) is 5. The number of aromatic nitrogens is 2. The second-order valence-electron chi connectivity index (χ2n) is 5.31. The smallest absolute Gasteiger partial charge is 0.244 e. The third-order valence-corrected chi connectivity index (χ3v) is 5.49. The lowest BCUT2D eigenvalue weighted by Crippen LogP contribution is -2.47. The summed E-state index contributed by atoms with van der Waals surface area (Å²) in [4.78, 5) is 0.218. The highest BCUT2D eigenvalue weighted by Crippen LogP contribution is 2.26. The van der Waals surface area contributed by atoms with Crippen LogP contribution in [0.25, 0.3) is 0 Å². The highest BCUT2D eigenvalue weighted by molar-refractivity contribution is 7.89. The van der Waals surface area contributed by atoms with Crippen molar-refractivity contribution < 1.29 is 18.3 Å². The fourth-order valence-corrected chi connectivity index (χ4v) is 4.37. The number of aliphatic hydroxyl groups excluding tert-OH is 1. The Morgan fingerprint density at radius 1 is 1.43 bits per heavy atom. The van der Waals surface area contributed by atoms with E-state index in [0.717, 1.165) is 0 Å². The van der Waals surface area contributed by atoms with E-state index in [1.165, 1.54) is 4.68 Å². The van der Waals surface area contributed by atoms with Gasteiger partial charge in [0, 0.05) is 12.6 Å². The summed E-state index contributed by atoms with van der Waals surface area (Å²) < 4.78 is 34.6. The molecule has 0 aliphatic heterocycles. The molecule has 1 saturated carbocycles. The van der Waals surface area contributed by atoms with Gasteiger partial charge in [0.2, 0.25) is 10.0 Å². The molecule has 0 amide bonds. The summed E-state index contributed by atoms with van der Waals surface area (Å²) in [7, 11) is -3.59. The van der Waals surface area contributed by atoms with Crippen LogP contribution in [0.4, 0.5) is 0 Å². The first-order chi connectivity index (χ1) is 9.89. The predicted molar refractivity (Wildman–Crippen MR) is 77.5 cm³/mol. The van der Waals surface area contributed by atoms with Crippen LogP contribution in [-0.2, 0) is 21.3 Å². The SMILES string of the molecule is CCOC1CC(NS(=O)(=O)c2c(C)nn(CCO)c2C)C1. The molecule has 1 aliphatic rings. The molecule has 1 aromatic heterocycles. The maximum Gasteiger partial charge on any atom is 0.244 e. The highest BCUT2D eigenvalue weighted by Gasteiger charge is 2.35. The number of hydrogen-bond donors (Lipinski definition) is 2. The van der Waals surface area contributed by atoms with Gasteiger partial charge in [0.25, 0.3) is 0 Å². The molecule has 0 atom stereocenters. The number of sulfonamides is 1. The molecule has 8 heteroatoms. The van der Waals surface area contributed by atoms with Crippen LogP contribution in [0.2, 0.25) is 0 Å². The number of ether oxygens (including phenoxy) is 1. The standard InChI is InChI=1S/C13H23N3O4S/c1-4-20-12-7-11(8-12)15-21(18,19)13-9(2)14-16(5-6-17)10(13)3/h11-12,15,17H,4-8H2,1-3H3. The van der Waals surface area contributed by atoms with Crippen molar-refractivity contribution in [3.8, 4) is 0 Å². The van der Waals surface area contributed by atoms with Crippen molar-refractivity contribution in [1.82, 2.24) is 14.5 Å². The molecule has 0 aromatic carbocycles. The monoisotopic (exact) mass is 317 g/mol. The molecule has 2 N–H and O–H groups in total. The molecule has 1 fully saturated rings. The molecule has 1 aromatic rings. The van der Waals surface area contributed by atoms with Crippen LogP contribution in [0.5, 0.6) is 0 Å². The fourth-order valence-electron chi connectivity index (χ4n) is 2.69. The Morgan fingerprint density at radius 3 is 2.67 bits per heavy atom. The van der Waals surface area contributed by atoms with E-state index in [-0.39, 0.29) is 30.2 Å². The first-order valence-corrected chi connectivity index (χ1v) is 8.66. The van der Waals surface area contributed by atoms with Gasteiger partial charge in [-0.25, -0.2) is 13.1 Å². The van der Waals surface area contributed by atoms with Gasteiger partial charge in [-0.3, -0.25) is 4.68 Å². The van der Waals surface area contributed by atoms with Gasteiger partial charge in [-0.05, 0) is 33.6 Å². The zero-order valence-electron chi connectivity index (χ0n) is 12.7. The minimum Gasteiger partial charge on any atom is -0.394 e. The Hall–Kier alpha value is -0.960. The maximum absolute atomic E-state index is 12.5. The van der Waals surface area contributed by atoms with Gasteiger partial charge in [0.15, 0.2) is 0 Å². The minimum atomic E-state index is -3.59. The summed E-state index contributed by atoms with van der Waals surface area (Å²) in [5.41, 5.74) is 1.00. The van der Waals surface area contributed by atoms with Gasteiger partial charge >= 0.3 is 0 Å².